The number of nitrogens with zero attached hydrogens (tertiary/aromatic N) is 1. The molecule has 0 bridgehead atoms. The molecule has 0 aliphatic carbocycles. The summed E-state index contributed by atoms with van der Waals surface area (Å²) in [5, 5.41) is 0.299. The summed E-state index contributed by atoms with van der Waals surface area (Å²) < 4.78 is 13.1. The molecule has 1 amide bonds. The zero-order chi connectivity index (χ0) is 19.5. The number of carbonyl (C=O) groups is 1. The molecule has 1 unspecified atom stereocenters. The van der Waals surface area contributed by atoms with E-state index in [9.17, 15) is 9.28 Å². The van der Waals surface area contributed by atoms with Crippen LogP contribution < -0.4 is 0 Å². The Morgan fingerprint density at radius 2 is 1.38 bits per heavy atom. The SMILES string of the molecule is CCCCC/C=C\C/C=C\C/C=C\C/C=C\CCC(C)CN(F)C(C)=O. The molecule has 0 rings (SSSR count). The maximum atomic E-state index is 13.1. The lowest BCUT2D eigenvalue weighted by molar-refractivity contribution is -0.145. The Hall–Kier alpha value is -1.64. The summed E-state index contributed by atoms with van der Waals surface area (Å²) >= 11 is 0. The van der Waals surface area contributed by atoms with Gasteiger partial charge in [0, 0.05) is 6.92 Å². The average Bonchev–Trinajstić information content (AvgIpc) is 2.61. The van der Waals surface area contributed by atoms with Gasteiger partial charge in [0.2, 0.25) is 5.91 Å². The van der Waals surface area contributed by atoms with Crippen LogP contribution >= 0.6 is 0 Å². The molecule has 0 fully saturated rings. The monoisotopic (exact) mass is 363 g/mol. The minimum Gasteiger partial charge on any atom is -0.273 e. The summed E-state index contributed by atoms with van der Waals surface area (Å²) in [7, 11) is 0. The van der Waals surface area contributed by atoms with E-state index >= 15 is 0 Å². The third-order valence-electron chi connectivity index (χ3n) is 4.10. The highest BCUT2D eigenvalue weighted by Gasteiger charge is 2.11. The second kappa shape index (κ2) is 18.2. The first-order chi connectivity index (χ1) is 12.6. The van der Waals surface area contributed by atoms with Gasteiger partial charge >= 0.3 is 0 Å². The van der Waals surface area contributed by atoms with Crippen molar-refractivity contribution in [2.24, 2.45) is 5.92 Å². The molecule has 0 N–H and O–H groups in total. The first-order valence-electron chi connectivity index (χ1n) is 10.1. The third-order valence-corrected chi connectivity index (χ3v) is 4.10. The predicted octanol–water partition coefficient (Wildman–Crippen LogP) is 7.11. The fourth-order valence-electron chi connectivity index (χ4n) is 2.44. The Morgan fingerprint density at radius 1 is 0.885 bits per heavy atom. The Labute approximate surface area is 160 Å². The van der Waals surface area contributed by atoms with Gasteiger partial charge in [-0.25, -0.2) is 0 Å². The van der Waals surface area contributed by atoms with Crippen LogP contribution in [-0.4, -0.2) is 17.6 Å². The second-order valence-corrected chi connectivity index (χ2v) is 6.83. The van der Waals surface area contributed by atoms with E-state index in [1.807, 2.05) is 6.92 Å². The van der Waals surface area contributed by atoms with Gasteiger partial charge in [-0.3, -0.25) is 4.79 Å². The summed E-state index contributed by atoms with van der Waals surface area (Å²) in [6, 6.07) is 0. The molecule has 2 nitrogen and oxygen atoms in total. The molecule has 0 radical (unpaired) electrons. The molecule has 1 atom stereocenters. The van der Waals surface area contributed by atoms with E-state index in [2.05, 4.69) is 55.5 Å². The van der Waals surface area contributed by atoms with E-state index in [4.69, 9.17) is 0 Å². The summed E-state index contributed by atoms with van der Waals surface area (Å²) in [5.74, 6) is -0.343. The summed E-state index contributed by atoms with van der Waals surface area (Å²) in [6.45, 7) is 5.63. The van der Waals surface area contributed by atoms with Crippen LogP contribution in [0.25, 0.3) is 0 Å². The fraction of sp³-hybridized carbons (Fsp3) is 0.609. The number of carbonyl (C=O) groups excluding carboxylic acids is 1. The number of hydrogen-bond acceptors (Lipinski definition) is 1. The van der Waals surface area contributed by atoms with Crippen molar-refractivity contribution < 1.29 is 9.28 Å². The van der Waals surface area contributed by atoms with Gasteiger partial charge in [0.1, 0.15) is 0 Å². The first-order valence-corrected chi connectivity index (χ1v) is 10.1. The highest BCUT2D eigenvalue weighted by Crippen LogP contribution is 2.09. The number of hydrogen-bond donors (Lipinski definition) is 0. The van der Waals surface area contributed by atoms with E-state index in [0.717, 1.165) is 32.1 Å². The highest BCUT2D eigenvalue weighted by atomic mass is 19.2. The van der Waals surface area contributed by atoms with E-state index in [-0.39, 0.29) is 12.5 Å². The van der Waals surface area contributed by atoms with Crippen molar-refractivity contribution >= 4 is 5.91 Å². The Bertz CT molecular complexity index is 451. The normalized spacial score (nSPS) is 13.5. The van der Waals surface area contributed by atoms with E-state index in [0.29, 0.717) is 5.12 Å². The summed E-state index contributed by atoms with van der Waals surface area (Å²) in [4.78, 5) is 10.8. The van der Waals surface area contributed by atoms with Crippen LogP contribution in [0.1, 0.15) is 78.6 Å². The van der Waals surface area contributed by atoms with Gasteiger partial charge in [-0.1, -0.05) is 79.8 Å². The van der Waals surface area contributed by atoms with Crippen LogP contribution in [0.3, 0.4) is 0 Å². The van der Waals surface area contributed by atoms with Gasteiger partial charge in [0.05, 0.1) is 6.54 Å². The van der Waals surface area contributed by atoms with Gasteiger partial charge in [0.15, 0.2) is 0 Å². The standard InChI is InChI=1S/C23H38FNO/c1-4-5-6-7-8-9-10-11-12-13-14-15-16-17-18-19-20-22(2)21-25(24)23(3)26/h8-9,11-12,14-15,17-18,22H,4-7,10,13,16,19-21H2,1-3H3/b9-8-,12-11-,15-14-,18-17-. The minimum absolute atomic E-state index is 0.176. The number of rotatable bonds is 15. The van der Waals surface area contributed by atoms with Crippen LogP contribution in [0.15, 0.2) is 48.6 Å². The second-order valence-electron chi connectivity index (χ2n) is 6.83. The minimum atomic E-state index is -0.519. The van der Waals surface area contributed by atoms with Crippen molar-refractivity contribution in [3.8, 4) is 0 Å². The topological polar surface area (TPSA) is 20.3 Å². The lowest BCUT2D eigenvalue weighted by Crippen LogP contribution is -2.24. The third kappa shape index (κ3) is 17.2. The molecule has 0 aromatic rings. The number of amides is 1. The Balaban J connectivity index is 3.58. The predicted molar refractivity (Wildman–Crippen MR) is 111 cm³/mol. The van der Waals surface area contributed by atoms with Crippen molar-refractivity contribution in [3.63, 3.8) is 0 Å². The Kier molecular flexibility index (Phi) is 17.0. The largest absolute Gasteiger partial charge is 0.273 e. The first kappa shape index (κ1) is 24.4. The number of allylic oxidation sites excluding steroid dienone is 8. The van der Waals surface area contributed by atoms with Crippen LogP contribution in [0, 0.1) is 5.92 Å². The molecule has 0 heterocycles. The Morgan fingerprint density at radius 3 is 1.88 bits per heavy atom. The van der Waals surface area contributed by atoms with Gasteiger partial charge in [0.25, 0.3) is 0 Å². The van der Waals surface area contributed by atoms with E-state index in [1.54, 1.807) is 0 Å². The molecule has 0 spiro atoms. The number of halogens is 1. The molecule has 0 aromatic carbocycles. The molecule has 3 heteroatoms. The zero-order valence-corrected chi connectivity index (χ0v) is 17.0. The maximum absolute atomic E-state index is 13.1. The van der Waals surface area contributed by atoms with Gasteiger partial charge < -0.3 is 0 Å². The lowest BCUT2D eigenvalue weighted by atomic mass is 10.1. The van der Waals surface area contributed by atoms with Gasteiger partial charge in [-0.05, 0) is 50.9 Å². The molecular formula is C23H38FNO. The summed E-state index contributed by atoms with van der Waals surface area (Å²) in [6.07, 6.45) is 27.5. The summed E-state index contributed by atoms with van der Waals surface area (Å²) in [5.41, 5.74) is 0. The zero-order valence-electron chi connectivity index (χ0n) is 17.0. The maximum Gasteiger partial charge on any atom is 0.247 e. The molecule has 0 saturated heterocycles. The smallest absolute Gasteiger partial charge is 0.247 e. The quantitative estimate of drug-likeness (QED) is 0.172. The molecular weight excluding hydrogens is 325 g/mol. The van der Waals surface area contributed by atoms with Crippen LogP contribution in [0.4, 0.5) is 4.48 Å². The van der Waals surface area contributed by atoms with Crippen LogP contribution in [0.2, 0.25) is 0 Å². The number of unbranched alkanes of at least 4 members (excludes halogenated alkanes) is 3. The van der Waals surface area contributed by atoms with Crippen molar-refractivity contribution in [3.05, 3.63) is 48.6 Å². The average molecular weight is 364 g/mol. The highest BCUT2D eigenvalue weighted by molar-refractivity contribution is 5.71. The van der Waals surface area contributed by atoms with Gasteiger partial charge in [-0.15, -0.1) is 0 Å². The van der Waals surface area contributed by atoms with E-state index < -0.39 is 5.91 Å². The van der Waals surface area contributed by atoms with Crippen molar-refractivity contribution in [2.75, 3.05) is 6.54 Å². The van der Waals surface area contributed by atoms with Crippen LogP contribution in [-0.2, 0) is 4.79 Å². The molecule has 0 aliphatic rings. The van der Waals surface area contributed by atoms with Crippen molar-refractivity contribution in [2.45, 2.75) is 78.6 Å². The molecule has 0 aromatic heterocycles. The molecule has 26 heavy (non-hydrogen) atoms. The molecule has 0 aliphatic heterocycles. The fourth-order valence-corrected chi connectivity index (χ4v) is 2.44. The van der Waals surface area contributed by atoms with Crippen molar-refractivity contribution in [1.82, 2.24) is 5.12 Å². The molecule has 148 valence electrons. The van der Waals surface area contributed by atoms with Crippen molar-refractivity contribution in [1.29, 1.82) is 0 Å². The lowest BCUT2D eigenvalue weighted by Gasteiger charge is -2.14. The van der Waals surface area contributed by atoms with Crippen LogP contribution in [0.5, 0.6) is 0 Å². The molecule has 0 saturated carbocycles. The van der Waals surface area contributed by atoms with Gasteiger partial charge in [-0.2, -0.15) is 5.12 Å². The van der Waals surface area contributed by atoms with E-state index in [1.165, 1.54) is 32.6 Å².